The molecule has 1 saturated heterocycles. The van der Waals surface area contributed by atoms with Crippen molar-refractivity contribution in [3.63, 3.8) is 0 Å². The zero-order valence-corrected chi connectivity index (χ0v) is 7.19. The van der Waals surface area contributed by atoms with Gasteiger partial charge in [0.2, 0.25) is 0 Å². The summed E-state index contributed by atoms with van der Waals surface area (Å²) < 4.78 is 0. The zero-order valence-electron chi connectivity index (χ0n) is 7.19. The van der Waals surface area contributed by atoms with Crippen LogP contribution < -0.4 is 5.32 Å². The molecule has 0 amide bonds. The SMILES string of the molecule is CC[C@H](C)[C@@H]1CCCNC1. The minimum Gasteiger partial charge on any atom is -0.316 e. The van der Waals surface area contributed by atoms with Gasteiger partial charge >= 0.3 is 0 Å². The average molecular weight is 141 g/mol. The smallest absolute Gasteiger partial charge is 0.00180 e. The minimum absolute atomic E-state index is 0.924. The molecule has 0 unspecified atom stereocenters. The Bertz CT molecular complexity index is 84.7. The van der Waals surface area contributed by atoms with Crippen LogP contribution in [0.4, 0.5) is 0 Å². The van der Waals surface area contributed by atoms with Crippen molar-refractivity contribution in [2.75, 3.05) is 13.1 Å². The quantitative estimate of drug-likeness (QED) is 0.620. The number of nitrogens with one attached hydrogen (secondary N) is 1. The van der Waals surface area contributed by atoms with E-state index in [0.717, 1.165) is 11.8 Å². The van der Waals surface area contributed by atoms with Crippen molar-refractivity contribution >= 4 is 0 Å². The molecule has 0 bridgehead atoms. The van der Waals surface area contributed by atoms with Crippen molar-refractivity contribution in [1.29, 1.82) is 0 Å². The first-order chi connectivity index (χ1) is 4.84. The Kier molecular flexibility index (Phi) is 3.20. The second-order valence-corrected chi connectivity index (χ2v) is 3.49. The molecular weight excluding hydrogens is 122 g/mol. The molecule has 0 saturated carbocycles. The molecule has 1 aliphatic rings. The first kappa shape index (κ1) is 8.06. The van der Waals surface area contributed by atoms with E-state index in [9.17, 15) is 0 Å². The third kappa shape index (κ3) is 1.98. The van der Waals surface area contributed by atoms with E-state index in [-0.39, 0.29) is 0 Å². The van der Waals surface area contributed by atoms with Crippen molar-refractivity contribution in [1.82, 2.24) is 5.32 Å². The fourth-order valence-electron chi connectivity index (χ4n) is 1.70. The maximum absolute atomic E-state index is 3.45. The highest BCUT2D eigenvalue weighted by Gasteiger charge is 2.17. The normalized spacial score (nSPS) is 30.0. The van der Waals surface area contributed by atoms with Gasteiger partial charge in [-0.3, -0.25) is 0 Å². The molecule has 2 atom stereocenters. The van der Waals surface area contributed by atoms with Gasteiger partial charge in [0.1, 0.15) is 0 Å². The van der Waals surface area contributed by atoms with Gasteiger partial charge in [0.25, 0.3) is 0 Å². The van der Waals surface area contributed by atoms with Crippen molar-refractivity contribution in [3.05, 3.63) is 0 Å². The summed E-state index contributed by atoms with van der Waals surface area (Å²) >= 11 is 0. The molecule has 1 heterocycles. The lowest BCUT2D eigenvalue weighted by Gasteiger charge is -2.27. The van der Waals surface area contributed by atoms with E-state index in [1.807, 2.05) is 0 Å². The van der Waals surface area contributed by atoms with Crippen LogP contribution in [0.25, 0.3) is 0 Å². The Morgan fingerprint density at radius 2 is 2.40 bits per heavy atom. The maximum Gasteiger partial charge on any atom is -0.00180 e. The standard InChI is InChI=1S/C9H19N/c1-3-8(2)9-5-4-6-10-7-9/h8-10H,3-7H2,1-2H3/t8-,9+/m0/s1. The van der Waals surface area contributed by atoms with Crippen molar-refractivity contribution in [2.24, 2.45) is 11.8 Å². The fourth-order valence-corrected chi connectivity index (χ4v) is 1.70. The highest BCUT2D eigenvalue weighted by atomic mass is 14.9. The second-order valence-electron chi connectivity index (χ2n) is 3.49. The monoisotopic (exact) mass is 141 g/mol. The Hall–Kier alpha value is -0.0400. The Morgan fingerprint density at radius 3 is 2.90 bits per heavy atom. The summed E-state index contributed by atoms with van der Waals surface area (Å²) in [6.07, 6.45) is 4.17. The number of hydrogen-bond acceptors (Lipinski definition) is 1. The van der Waals surface area contributed by atoms with E-state index in [4.69, 9.17) is 0 Å². The van der Waals surface area contributed by atoms with Gasteiger partial charge in [-0.1, -0.05) is 20.3 Å². The molecule has 60 valence electrons. The number of rotatable bonds is 2. The summed E-state index contributed by atoms with van der Waals surface area (Å²) in [5, 5.41) is 3.45. The number of piperidine rings is 1. The molecule has 1 fully saturated rings. The molecule has 1 N–H and O–H groups in total. The van der Waals surface area contributed by atoms with Crippen LogP contribution in [0.3, 0.4) is 0 Å². The van der Waals surface area contributed by atoms with E-state index >= 15 is 0 Å². The van der Waals surface area contributed by atoms with E-state index in [2.05, 4.69) is 19.2 Å². The molecule has 1 nitrogen and oxygen atoms in total. The third-order valence-electron chi connectivity index (χ3n) is 2.78. The van der Waals surface area contributed by atoms with Crippen LogP contribution in [0.1, 0.15) is 33.1 Å². The Morgan fingerprint density at radius 1 is 1.60 bits per heavy atom. The van der Waals surface area contributed by atoms with Gasteiger partial charge in [-0.2, -0.15) is 0 Å². The fraction of sp³-hybridized carbons (Fsp3) is 1.00. The van der Waals surface area contributed by atoms with Crippen LogP contribution in [0.5, 0.6) is 0 Å². The van der Waals surface area contributed by atoms with E-state index in [1.54, 1.807) is 0 Å². The van der Waals surface area contributed by atoms with Crippen molar-refractivity contribution in [2.45, 2.75) is 33.1 Å². The van der Waals surface area contributed by atoms with E-state index in [1.165, 1.54) is 32.4 Å². The Balaban J connectivity index is 2.24. The third-order valence-corrected chi connectivity index (χ3v) is 2.78. The van der Waals surface area contributed by atoms with Gasteiger partial charge in [-0.15, -0.1) is 0 Å². The van der Waals surface area contributed by atoms with Crippen LogP contribution in [0, 0.1) is 11.8 Å². The molecule has 0 radical (unpaired) electrons. The average Bonchev–Trinajstić information content (AvgIpc) is 2.05. The van der Waals surface area contributed by atoms with Crippen LogP contribution in [-0.4, -0.2) is 13.1 Å². The first-order valence-corrected chi connectivity index (χ1v) is 4.55. The lowest BCUT2D eigenvalue weighted by molar-refractivity contribution is 0.274. The van der Waals surface area contributed by atoms with Crippen LogP contribution >= 0.6 is 0 Å². The summed E-state index contributed by atoms with van der Waals surface area (Å²) in [5.74, 6) is 1.88. The molecular formula is C9H19N. The summed E-state index contributed by atoms with van der Waals surface area (Å²) in [6.45, 7) is 7.17. The predicted molar refractivity (Wildman–Crippen MR) is 45.0 cm³/mol. The van der Waals surface area contributed by atoms with Gasteiger partial charge in [-0.05, 0) is 37.8 Å². The molecule has 0 aromatic heterocycles. The maximum atomic E-state index is 3.45. The lowest BCUT2D eigenvalue weighted by Crippen LogP contribution is -2.33. The van der Waals surface area contributed by atoms with Gasteiger partial charge in [0.15, 0.2) is 0 Å². The highest BCUT2D eigenvalue weighted by molar-refractivity contribution is 4.72. The van der Waals surface area contributed by atoms with Crippen molar-refractivity contribution < 1.29 is 0 Å². The second kappa shape index (κ2) is 3.97. The van der Waals surface area contributed by atoms with Crippen LogP contribution in [-0.2, 0) is 0 Å². The van der Waals surface area contributed by atoms with E-state index in [0.29, 0.717) is 0 Å². The molecule has 0 spiro atoms. The van der Waals surface area contributed by atoms with Gasteiger partial charge in [-0.25, -0.2) is 0 Å². The molecule has 1 aliphatic heterocycles. The molecule has 1 heteroatoms. The lowest BCUT2D eigenvalue weighted by atomic mass is 9.86. The van der Waals surface area contributed by atoms with Crippen LogP contribution in [0.2, 0.25) is 0 Å². The van der Waals surface area contributed by atoms with Gasteiger partial charge in [0, 0.05) is 0 Å². The summed E-state index contributed by atoms with van der Waals surface area (Å²) in [5.41, 5.74) is 0. The minimum atomic E-state index is 0.924. The van der Waals surface area contributed by atoms with Gasteiger partial charge < -0.3 is 5.32 Å². The molecule has 0 aromatic carbocycles. The molecule has 1 rings (SSSR count). The van der Waals surface area contributed by atoms with E-state index < -0.39 is 0 Å². The first-order valence-electron chi connectivity index (χ1n) is 4.55. The summed E-state index contributed by atoms with van der Waals surface area (Å²) in [7, 11) is 0. The molecule has 0 aliphatic carbocycles. The topological polar surface area (TPSA) is 12.0 Å². The Labute approximate surface area is 64.2 Å². The predicted octanol–water partition coefficient (Wildman–Crippen LogP) is 2.03. The van der Waals surface area contributed by atoms with Gasteiger partial charge in [0.05, 0.1) is 0 Å². The summed E-state index contributed by atoms with van der Waals surface area (Å²) in [4.78, 5) is 0. The van der Waals surface area contributed by atoms with Crippen LogP contribution in [0.15, 0.2) is 0 Å². The largest absolute Gasteiger partial charge is 0.316 e. The highest BCUT2D eigenvalue weighted by Crippen LogP contribution is 2.21. The molecule has 0 aromatic rings. The molecule has 10 heavy (non-hydrogen) atoms. The summed E-state index contributed by atoms with van der Waals surface area (Å²) in [6, 6.07) is 0. The van der Waals surface area contributed by atoms with Crippen molar-refractivity contribution in [3.8, 4) is 0 Å². The number of hydrogen-bond donors (Lipinski definition) is 1. The zero-order chi connectivity index (χ0) is 7.40.